The summed E-state index contributed by atoms with van der Waals surface area (Å²) in [6, 6.07) is 0. The van der Waals surface area contributed by atoms with E-state index in [1.165, 1.54) is 19.3 Å². The Bertz CT molecular complexity index is 112. The van der Waals surface area contributed by atoms with Gasteiger partial charge < -0.3 is 5.32 Å². The highest BCUT2D eigenvalue weighted by Crippen LogP contribution is 2.25. The molecule has 0 bridgehead atoms. The molecule has 0 radical (unpaired) electrons. The quantitative estimate of drug-likeness (QED) is 0.565. The van der Waals surface area contributed by atoms with Crippen LogP contribution < -0.4 is 5.32 Å². The lowest BCUT2D eigenvalue weighted by Crippen LogP contribution is -2.28. The van der Waals surface area contributed by atoms with E-state index in [0.717, 1.165) is 12.5 Å². The number of amides is 1. The standard InChI is InChI=1S/C6H11NOS/c8-6(9)7-4-5-2-1-3-5/h5H,1-4H2,(H2,7,8,9). The SMILES string of the molecule is O=C(S)NCC1CCC1. The van der Waals surface area contributed by atoms with Gasteiger partial charge in [-0.2, -0.15) is 0 Å². The number of thiol groups is 1. The van der Waals surface area contributed by atoms with Crippen LogP contribution in [0, 0.1) is 5.92 Å². The number of nitrogens with one attached hydrogen (secondary N) is 1. The highest BCUT2D eigenvalue weighted by molar-refractivity contribution is 7.96. The number of carbonyl (C=O) groups excluding carboxylic acids is 1. The van der Waals surface area contributed by atoms with Gasteiger partial charge in [0.15, 0.2) is 0 Å². The summed E-state index contributed by atoms with van der Waals surface area (Å²) >= 11 is 3.59. The summed E-state index contributed by atoms with van der Waals surface area (Å²) < 4.78 is 0. The van der Waals surface area contributed by atoms with Crippen molar-refractivity contribution in [3.05, 3.63) is 0 Å². The third-order valence-corrected chi connectivity index (χ3v) is 1.92. The molecule has 0 aromatic heterocycles. The van der Waals surface area contributed by atoms with Gasteiger partial charge in [0.05, 0.1) is 0 Å². The van der Waals surface area contributed by atoms with Gasteiger partial charge in [-0.25, -0.2) is 0 Å². The van der Waals surface area contributed by atoms with Gasteiger partial charge in [0.25, 0.3) is 5.24 Å². The minimum Gasteiger partial charge on any atom is -0.347 e. The Morgan fingerprint density at radius 2 is 2.33 bits per heavy atom. The van der Waals surface area contributed by atoms with Crippen molar-refractivity contribution in [1.82, 2.24) is 5.32 Å². The fourth-order valence-electron chi connectivity index (χ4n) is 0.929. The van der Waals surface area contributed by atoms with E-state index in [2.05, 4.69) is 17.9 Å². The maximum absolute atomic E-state index is 10.2. The minimum absolute atomic E-state index is 0.207. The van der Waals surface area contributed by atoms with Crippen molar-refractivity contribution in [2.24, 2.45) is 5.92 Å². The number of carbonyl (C=O) groups is 1. The van der Waals surface area contributed by atoms with Crippen LogP contribution in [0.1, 0.15) is 19.3 Å². The zero-order valence-corrected chi connectivity index (χ0v) is 6.16. The summed E-state index contributed by atoms with van der Waals surface area (Å²) in [5.74, 6) is 0.737. The maximum atomic E-state index is 10.2. The van der Waals surface area contributed by atoms with Gasteiger partial charge >= 0.3 is 0 Å². The fraction of sp³-hybridized carbons (Fsp3) is 0.833. The van der Waals surface area contributed by atoms with Crippen LogP contribution in [0.4, 0.5) is 4.79 Å². The number of hydrogen-bond acceptors (Lipinski definition) is 1. The molecule has 0 aliphatic heterocycles. The first-order valence-corrected chi connectivity index (χ1v) is 3.70. The first-order chi connectivity index (χ1) is 4.29. The van der Waals surface area contributed by atoms with E-state index in [4.69, 9.17) is 0 Å². The maximum Gasteiger partial charge on any atom is 0.275 e. The van der Waals surface area contributed by atoms with Gasteiger partial charge in [-0.1, -0.05) is 19.0 Å². The topological polar surface area (TPSA) is 29.1 Å². The zero-order chi connectivity index (χ0) is 6.69. The first-order valence-electron chi connectivity index (χ1n) is 3.26. The summed E-state index contributed by atoms with van der Waals surface area (Å²) in [6.45, 7) is 0.822. The molecule has 1 N–H and O–H groups in total. The lowest BCUT2D eigenvalue weighted by atomic mass is 9.86. The Morgan fingerprint density at radius 1 is 1.67 bits per heavy atom. The van der Waals surface area contributed by atoms with Gasteiger partial charge in [0, 0.05) is 6.54 Å². The third-order valence-electron chi connectivity index (χ3n) is 1.77. The number of rotatable bonds is 2. The van der Waals surface area contributed by atoms with E-state index in [-0.39, 0.29) is 5.24 Å². The molecule has 1 fully saturated rings. The van der Waals surface area contributed by atoms with Gasteiger partial charge in [-0.15, -0.1) is 0 Å². The summed E-state index contributed by atoms with van der Waals surface area (Å²) in [4.78, 5) is 10.2. The second kappa shape index (κ2) is 3.11. The highest BCUT2D eigenvalue weighted by Gasteiger charge is 2.16. The van der Waals surface area contributed by atoms with E-state index in [0.29, 0.717) is 0 Å². The number of hydrogen-bond donors (Lipinski definition) is 2. The molecule has 1 saturated carbocycles. The Labute approximate surface area is 60.4 Å². The van der Waals surface area contributed by atoms with Gasteiger partial charge in [0.1, 0.15) is 0 Å². The lowest BCUT2D eigenvalue weighted by molar-refractivity contribution is 0.252. The summed E-state index contributed by atoms with van der Waals surface area (Å²) in [6.07, 6.45) is 3.87. The van der Waals surface area contributed by atoms with Crippen molar-refractivity contribution in [3.63, 3.8) is 0 Å². The molecule has 0 atom stereocenters. The first kappa shape index (κ1) is 6.93. The summed E-state index contributed by atoms with van der Waals surface area (Å²) in [5.41, 5.74) is 0. The fourth-order valence-corrected chi connectivity index (χ4v) is 1.02. The second-order valence-corrected chi connectivity index (χ2v) is 2.89. The molecular formula is C6H11NOS. The van der Waals surface area contributed by atoms with E-state index in [1.807, 2.05) is 0 Å². The van der Waals surface area contributed by atoms with Crippen LogP contribution >= 0.6 is 12.6 Å². The zero-order valence-electron chi connectivity index (χ0n) is 5.26. The molecular weight excluding hydrogens is 134 g/mol. The molecule has 0 spiro atoms. The van der Waals surface area contributed by atoms with Gasteiger partial charge in [0.2, 0.25) is 0 Å². The van der Waals surface area contributed by atoms with Crippen molar-refractivity contribution in [2.45, 2.75) is 19.3 Å². The smallest absolute Gasteiger partial charge is 0.275 e. The molecule has 0 heterocycles. The molecule has 1 rings (SSSR count). The van der Waals surface area contributed by atoms with E-state index in [1.54, 1.807) is 0 Å². The molecule has 2 nitrogen and oxygen atoms in total. The van der Waals surface area contributed by atoms with Crippen molar-refractivity contribution in [1.29, 1.82) is 0 Å². The lowest BCUT2D eigenvalue weighted by Gasteiger charge is -2.24. The minimum atomic E-state index is -0.207. The van der Waals surface area contributed by atoms with Crippen molar-refractivity contribution in [2.75, 3.05) is 6.54 Å². The normalized spacial score (nSPS) is 18.8. The molecule has 1 amide bonds. The average molecular weight is 145 g/mol. The Kier molecular flexibility index (Phi) is 2.39. The van der Waals surface area contributed by atoms with Gasteiger partial charge in [-0.3, -0.25) is 4.79 Å². The van der Waals surface area contributed by atoms with E-state index < -0.39 is 0 Å². The van der Waals surface area contributed by atoms with Crippen molar-refractivity contribution in [3.8, 4) is 0 Å². The van der Waals surface area contributed by atoms with Crippen molar-refractivity contribution >= 4 is 17.9 Å². The molecule has 1 aliphatic rings. The van der Waals surface area contributed by atoms with Crippen LogP contribution in [0.2, 0.25) is 0 Å². The van der Waals surface area contributed by atoms with Crippen LogP contribution in [0.25, 0.3) is 0 Å². The van der Waals surface area contributed by atoms with Crippen LogP contribution in [0.3, 0.4) is 0 Å². The molecule has 52 valence electrons. The summed E-state index contributed by atoms with van der Waals surface area (Å²) in [7, 11) is 0. The van der Waals surface area contributed by atoms with Crippen LogP contribution in [0.15, 0.2) is 0 Å². The Balaban J connectivity index is 1.97. The van der Waals surface area contributed by atoms with E-state index in [9.17, 15) is 4.79 Å². The van der Waals surface area contributed by atoms with Crippen molar-refractivity contribution < 1.29 is 4.79 Å². The van der Waals surface area contributed by atoms with E-state index >= 15 is 0 Å². The van der Waals surface area contributed by atoms with Gasteiger partial charge in [-0.05, 0) is 18.8 Å². The highest BCUT2D eigenvalue weighted by atomic mass is 32.1. The molecule has 0 unspecified atom stereocenters. The molecule has 3 heteroatoms. The third kappa shape index (κ3) is 2.26. The Morgan fingerprint density at radius 3 is 2.67 bits per heavy atom. The molecule has 0 aromatic rings. The summed E-state index contributed by atoms with van der Waals surface area (Å²) in [5, 5.41) is 2.47. The predicted octanol–water partition coefficient (Wildman–Crippen LogP) is 1.43. The molecule has 0 saturated heterocycles. The largest absolute Gasteiger partial charge is 0.347 e. The molecule has 1 aliphatic carbocycles. The second-order valence-electron chi connectivity index (χ2n) is 2.48. The molecule has 0 aromatic carbocycles. The predicted molar refractivity (Wildman–Crippen MR) is 39.7 cm³/mol. The average Bonchev–Trinajstić information content (AvgIpc) is 1.60. The van der Waals surface area contributed by atoms with Crippen LogP contribution in [-0.2, 0) is 0 Å². The molecule has 9 heavy (non-hydrogen) atoms. The monoisotopic (exact) mass is 145 g/mol. The Hall–Kier alpha value is -0.180. The van der Waals surface area contributed by atoms with Crippen LogP contribution in [-0.4, -0.2) is 11.8 Å². The van der Waals surface area contributed by atoms with Crippen LogP contribution in [0.5, 0.6) is 0 Å².